The number of nitrogens with one attached hydrogen (secondary N) is 1. The van der Waals surface area contributed by atoms with Gasteiger partial charge < -0.3 is 19.9 Å². The van der Waals surface area contributed by atoms with Gasteiger partial charge in [-0.3, -0.25) is 4.79 Å². The van der Waals surface area contributed by atoms with Crippen molar-refractivity contribution >= 4 is 17.8 Å². The van der Waals surface area contributed by atoms with E-state index in [9.17, 15) is 22.8 Å². The molecule has 8 nitrogen and oxygen atoms in total. The van der Waals surface area contributed by atoms with Crippen LogP contribution in [0.5, 0.6) is 0 Å². The van der Waals surface area contributed by atoms with Gasteiger partial charge in [-0.05, 0) is 32.9 Å². The van der Waals surface area contributed by atoms with Crippen molar-refractivity contribution in [3.63, 3.8) is 0 Å². The van der Waals surface area contributed by atoms with Gasteiger partial charge in [0.1, 0.15) is 5.60 Å². The minimum atomic E-state index is -3.32. The van der Waals surface area contributed by atoms with Gasteiger partial charge in [0.15, 0.2) is 11.5 Å². The van der Waals surface area contributed by atoms with Crippen LogP contribution in [0.3, 0.4) is 0 Å². The summed E-state index contributed by atoms with van der Waals surface area (Å²) < 4.78 is 42.4. The molecule has 1 unspecified atom stereocenters. The summed E-state index contributed by atoms with van der Waals surface area (Å²) >= 11 is 0. The second-order valence-corrected chi connectivity index (χ2v) is 6.94. The zero-order chi connectivity index (χ0) is 20.2. The number of carbonyl (C=O) groups excluding carboxylic acids is 2. The highest BCUT2D eigenvalue weighted by atomic mass is 19.3. The summed E-state index contributed by atoms with van der Waals surface area (Å²) in [4.78, 5) is 27.1. The van der Waals surface area contributed by atoms with Gasteiger partial charge >= 0.3 is 6.09 Å². The minimum Gasteiger partial charge on any atom is -0.444 e. The van der Waals surface area contributed by atoms with E-state index in [1.54, 1.807) is 25.7 Å². The monoisotopic (exact) mass is 389 g/mol. The first kappa shape index (κ1) is 20.7. The number of amides is 2. The molecule has 1 N–H and O–H groups in total. The Morgan fingerprint density at radius 1 is 1.11 bits per heavy atom. The van der Waals surface area contributed by atoms with E-state index in [-0.39, 0.29) is 11.8 Å². The fourth-order valence-corrected chi connectivity index (χ4v) is 2.32. The Balaban J connectivity index is 1.90. The average molecular weight is 389 g/mol. The number of halogens is 3. The Kier molecular flexibility index (Phi) is 6.45. The molecule has 0 aromatic carbocycles. The van der Waals surface area contributed by atoms with E-state index < -0.39 is 24.2 Å². The highest BCUT2D eigenvalue weighted by Crippen LogP contribution is 2.16. The van der Waals surface area contributed by atoms with Crippen molar-refractivity contribution in [3.8, 4) is 0 Å². The van der Waals surface area contributed by atoms with Crippen molar-refractivity contribution in [2.45, 2.75) is 39.1 Å². The van der Waals surface area contributed by atoms with Crippen LogP contribution >= 0.6 is 0 Å². The quantitative estimate of drug-likeness (QED) is 0.791. The molecule has 1 aliphatic heterocycles. The van der Waals surface area contributed by atoms with Crippen molar-refractivity contribution in [1.29, 1.82) is 0 Å². The topological polar surface area (TPSA) is 87.7 Å². The van der Waals surface area contributed by atoms with Gasteiger partial charge in [0.05, 0.1) is 0 Å². The number of alkyl halides is 3. The second kappa shape index (κ2) is 8.40. The van der Waals surface area contributed by atoms with E-state index in [4.69, 9.17) is 4.74 Å². The standard InChI is InChI=1S/C16H22F3N5O3/c1-16(2,3)27-15(26)24-8-6-23(7-9-24)11-5-4-10(21-22-11)14(25)20-13(19)12(17)18/h4-5,12-13H,6-9H2,1-3H3,(H,20,25). The van der Waals surface area contributed by atoms with Crippen LogP contribution in [-0.2, 0) is 4.74 Å². The Morgan fingerprint density at radius 2 is 1.74 bits per heavy atom. The average Bonchev–Trinajstić information content (AvgIpc) is 2.60. The van der Waals surface area contributed by atoms with Gasteiger partial charge in [-0.2, -0.15) is 0 Å². The number of nitrogens with zero attached hydrogens (tertiary/aromatic N) is 4. The molecule has 2 amide bonds. The lowest BCUT2D eigenvalue weighted by atomic mass is 10.2. The third-order valence-electron chi connectivity index (χ3n) is 3.63. The Labute approximate surface area is 154 Å². The minimum absolute atomic E-state index is 0.269. The molecule has 150 valence electrons. The Bertz CT molecular complexity index is 658. The molecular weight excluding hydrogens is 367 g/mol. The third-order valence-corrected chi connectivity index (χ3v) is 3.63. The van der Waals surface area contributed by atoms with Crippen LogP contribution < -0.4 is 10.2 Å². The van der Waals surface area contributed by atoms with Crippen molar-refractivity contribution < 1.29 is 27.5 Å². The fraction of sp³-hybridized carbons (Fsp3) is 0.625. The third kappa shape index (κ3) is 5.97. The Morgan fingerprint density at radius 3 is 2.22 bits per heavy atom. The summed E-state index contributed by atoms with van der Waals surface area (Å²) in [5.74, 6) is -0.613. The smallest absolute Gasteiger partial charge is 0.410 e. The molecule has 0 aliphatic carbocycles. The van der Waals surface area contributed by atoms with Gasteiger partial charge in [0.25, 0.3) is 12.3 Å². The predicted octanol–water partition coefficient (Wildman–Crippen LogP) is 1.82. The van der Waals surface area contributed by atoms with Crippen LogP contribution in [0.2, 0.25) is 0 Å². The SMILES string of the molecule is CC(C)(C)OC(=O)N1CCN(c2ccc(C(=O)NC(F)C(F)F)nn2)CC1. The zero-order valence-electron chi connectivity index (χ0n) is 15.3. The van der Waals surface area contributed by atoms with Crippen LogP contribution in [0.15, 0.2) is 12.1 Å². The van der Waals surface area contributed by atoms with E-state index in [2.05, 4.69) is 10.2 Å². The predicted molar refractivity (Wildman–Crippen MR) is 90.4 cm³/mol. The van der Waals surface area contributed by atoms with Gasteiger partial charge in [0, 0.05) is 26.2 Å². The number of rotatable bonds is 4. The van der Waals surface area contributed by atoms with Crippen molar-refractivity contribution in [1.82, 2.24) is 20.4 Å². The molecule has 1 aromatic heterocycles. The Hall–Kier alpha value is -2.59. The number of carbonyl (C=O) groups is 2. The first-order valence-corrected chi connectivity index (χ1v) is 8.36. The van der Waals surface area contributed by atoms with Crippen molar-refractivity contribution in [2.75, 3.05) is 31.1 Å². The molecule has 0 saturated carbocycles. The maximum absolute atomic E-state index is 12.9. The largest absolute Gasteiger partial charge is 0.444 e. The van der Waals surface area contributed by atoms with E-state index in [0.717, 1.165) is 0 Å². The van der Waals surface area contributed by atoms with E-state index in [0.29, 0.717) is 32.0 Å². The van der Waals surface area contributed by atoms with Crippen molar-refractivity contribution in [3.05, 3.63) is 17.8 Å². The molecule has 0 radical (unpaired) electrons. The summed E-state index contributed by atoms with van der Waals surface area (Å²) in [5, 5.41) is 9.03. The first-order chi connectivity index (χ1) is 12.6. The molecule has 0 spiro atoms. The summed E-state index contributed by atoms with van der Waals surface area (Å²) in [6, 6.07) is 2.76. The van der Waals surface area contributed by atoms with Crippen molar-refractivity contribution in [2.24, 2.45) is 0 Å². The maximum atomic E-state index is 12.9. The number of hydrogen-bond acceptors (Lipinski definition) is 6. The second-order valence-electron chi connectivity index (χ2n) is 6.94. The van der Waals surface area contributed by atoms with Gasteiger partial charge in [-0.1, -0.05) is 0 Å². The first-order valence-electron chi connectivity index (χ1n) is 8.36. The molecule has 1 aliphatic rings. The normalized spacial score (nSPS) is 16.3. The summed E-state index contributed by atoms with van der Waals surface area (Å²) in [7, 11) is 0. The highest BCUT2D eigenvalue weighted by Gasteiger charge is 2.27. The molecular formula is C16H22F3N5O3. The lowest BCUT2D eigenvalue weighted by molar-refractivity contribution is 0.0240. The molecule has 27 heavy (non-hydrogen) atoms. The van der Waals surface area contributed by atoms with Gasteiger partial charge in [0.2, 0.25) is 6.30 Å². The molecule has 1 saturated heterocycles. The molecule has 2 heterocycles. The number of hydrogen-bond donors (Lipinski definition) is 1. The van der Waals surface area contributed by atoms with E-state index in [1.807, 2.05) is 4.90 Å². The van der Waals surface area contributed by atoms with Crippen LogP contribution in [0.4, 0.5) is 23.8 Å². The van der Waals surface area contributed by atoms with Crippen LogP contribution in [0.1, 0.15) is 31.3 Å². The molecule has 2 rings (SSSR count). The summed E-state index contributed by atoms with van der Waals surface area (Å²) in [6.07, 6.45) is -6.47. The molecule has 1 atom stereocenters. The molecule has 1 aromatic rings. The molecule has 11 heteroatoms. The number of aromatic nitrogens is 2. The van der Waals surface area contributed by atoms with E-state index in [1.165, 1.54) is 17.4 Å². The summed E-state index contributed by atoms with van der Waals surface area (Å²) in [6.45, 7) is 7.20. The lowest BCUT2D eigenvalue weighted by Gasteiger charge is -2.35. The van der Waals surface area contributed by atoms with E-state index >= 15 is 0 Å². The number of piperazine rings is 1. The summed E-state index contributed by atoms with van der Waals surface area (Å²) in [5.41, 5.74) is -0.839. The lowest BCUT2D eigenvalue weighted by Crippen LogP contribution is -2.50. The highest BCUT2D eigenvalue weighted by molar-refractivity contribution is 5.92. The fourth-order valence-electron chi connectivity index (χ4n) is 2.32. The molecule has 1 fully saturated rings. The molecule has 0 bridgehead atoms. The van der Waals surface area contributed by atoms with Crippen LogP contribution in [0, 0.1) is 0 Å². The zero-order valence-corrected chi connectivity index (χ0v) is 15.3. The van der Waals surface area contributed by atoms with Crippen LogP contribution in [0.25, 0.3) is 0 Å². The van der Waals surface area contributed by atoms with Crippen LogP contribution in [-0.4, -0.2) is 71.6 Å². The maximum Gasteiger partial charge on any atom is 0.410 e. The van der Waals surface area contributed by atoms with Gasteiger partial charge in [-0.25, -0.2) is 18.0 Å². The number of anilines is 1. The van der Waals surface area contributed by atoms with Gasteiger partial charge in [-0.15, -0.1) is 10.2 Å². The number of ether oxygens (including phenoxy) is 1.